The number of nitrogens with zero attached hydrogens (tertiary/aromatic N) is 4. The molecule has 2 aromatic heterocycles. The Kier molecular flexibility index (Phi) is 3.22. The molecule has 0 radical (unpaired) electrons. The number of benzene rings is 2. The Labute approximate surface area is 143 Å². The number of rotatable bonds is 2. The fourth-order valence-corrected chi connectivity index (χ4v) is 2.95. The molecule has 1 N–H and O–H groups in total. The van der Waals surface area contributed by atoms with Gasteiger partial charge in [-0.2, -0.15) is 0 Å². The molecule has 0 amide bonds. The van der Waals surface area contributed by atoms with Gasteiger partial charge in [0.05, 0.1) is 23.0 Å². The molecule has 8 heteroatoms. The van der Waals surface area contributed by atoms with Gasteiger partial charge < -0.3 is 4.57 Å². The maximum absolute atomic E-state index is 14.8. The fraction of sp³-hybridized carbons (Fsp3) is 0.0667. The smallest absolute Gasteiger partial charge is 0.178 e. The number of hydrogen-bond acceptors (Lipinski definition) is 3. The van der Waals surface area contributed by atoms with E-state index in [1.165, 1.54) is 17.1 Å². The zero-order valence-corrected chi connectivity index (χ0v) is 14.0. The molecule has 4 aromatic rings. The molecule has 0 aliphatic carbocycles. The lowest BCUT2D eigenvalue weighted by atomic mass is 10.2. The van der Waals surface area contributed by atoms with Crippen LogP contribution in [0.15, 0.2) is 36.9 Å². The molecule has 0 aliphatic heterocycles. The predicted molar refractivity (Wildman–Crippen MR) is 92.1 cm³/mol. The zero-order chi connectivity index (χ0) is 16.1. The van der Waals surface area contributed by atoms with Gasteiger partial charge in [-0.25, -0.2) is 23.4 Å². The van der Waals surface area contributed by atoms with Crippen molar-refractivity contribution < 1.29 is 8.78 Å². The maximum atomic E-state index is 14.8. The monoisotopic (exact) mass is 425 g/mol. The van der Waals surface area contributed by atoms with Gasteiger partial charge in [-0.3, -0.25) is 5.43 Å². The molecule has 0 bridgehead atoms. The van der Waals surface area contributed by atoms with E-state index < -0.39 is 11.6 Å². The Morgan fingerprint density at radius 3 is 2.74 bits per heavy atom. The predicted octanol–water partition coefficient (Wildman–Crippen LogP) is 3.68. The van der Waals surface area contributed by atoms with Crippen LogP contribution in [0.5, 0.6) is 0 Å². The normalized spacial score (nSPS) is 11.5. The molecular weight excluding hydrogens is 415 g/mol. The van der Waals surface area contributed by atoms with Crippen LogP contribution in [0.2, 0.25) is 0 Å². The number of nitrogens with one attached hydrogen (secondary N) is 1. The van der Waals surface area contributed by atoms with E-state index in [0.717, 1.165) is 3.57 Å². The van der Waals surface area contributed by atoms with Gasteiger partial charge in [-0.1, -0.05) is 0 Å². The number of imidazole rings is 2. The summed E-state index contributed by atoms with van der Waals surface area (Å²) in [5.41, 5.74) is 4.69. The first-order valence-electron chi connectivity index (χ1n) is 6.73. The first-order chi connectivity index (χ1) is 11.0. The summed E-state index contributed by atoms with van der Waals surface area (Å²) in [7, 11) is 1.79. The molecule has 0 atom stereocenters. The van der Waals surface area contributed by atoms with Crippen molar-refractivity contribution in [2.75, 3.05) is 5.43 Å². The van der Waals surface area contributed by atoms with Crippen LogP contribution in [0.25, 0.3) is 22.1 Å². The van der Waals surface area contributed by atoms with Gasteiger partial charge in [0.2, 0.25) is 0 Å². The molecule has 0 unspecified atom stereocenters. The average Bonchev–Trinajstić information content (AvgIpc) is 3.08. The molecule has 0 aliphatic rings. The Balaban J connectivity index is 1.89. The van der Waals surface area contributed by atoms with Gasteiger partial charge in [-0.15, -0.1) is 0 Å². The van der Waals surface area contributed by atoms with E-state index in [4.69, 9.17) is 0 Å². The molecule has 4 rings (SSSR count). The van der Waals surface area contributed by atoms with E-state index in [-0.39, 0.29) is 16.7 Å². The summed E-state index contributed by atoms with van der Waals surface area (Å²) in [6.45, 7) is 0. The minimum absolute atomic E-state index is 0.231. The second-order valence-corrected chi connectivity index (χ2v) is 6.38. The van der Waals surface area contributed by atoms with Gasteiger partial charge in [-0.05, 0) is 46.9 Å². The largest absolute Gasteiger partial charge is 0.334 e. The highest BCUT2D eigenvalue weighted by Gasteiger charge is 2.16. The molecule has 0 fully saturated rings. The lowest BCUT2D eigenvalue weighted by Gasteiger charge is -2.10. The van der Waals surface area contributed by atoms with Gasteiger partial charge in [0.15, 0.2) is 5.82 Å². The van der Waals surface area contributed by atoms with Gasteiger partial charge in [0.1, 0.15) is 23.2 Å². The number of anilines is 1. The third-order valence-corrected chi connectivity index (χ3v) is 4.31. The summed E-state index contributed by atoms with van der Waals surface area (Å²) >= 11 is 2.03. The number of hydrogen-bond donors (Lipinski definition) is 1. The molecule has 23 heavy (non-hydrogen) atoms. The molecule has 2 aromatic carbocycles. The first kappa shape index (κ1) is 14.4. The van der Waals surface area contributed by atoms with Crippen LogP contribution in [0, 0.1) is 15.2 Å². The summed E-state index contributed by atoms with van der Waals surface area (Å²) in [5, 5.41) is 0. The quantitative estimate of drug-likeness (QED) is 0.499. The van der Waals surface area contributed by atoms with E-state index >= 15 is 0 Å². The van der Waals surface area contributed by atoms with Crippen molar-refractivity contribution in [1.29, 1.82) is 0 Å². The summed E-state index contributed by atoms with van der Waals surface area (Å²) in [5.74, 6) is -0.910. The standard InChI is InChI=1S/C15H10F2IN5/c1-22-6-20-14-12(22)5-11-15(13(14)17)23(7-19-11)21-10-3-2-8(18)4-9(10)16/h2-7,21H,1H3. The SMILES string of the molecule is Cn1cnc2c(F)c3c(cc21)ncn3Nc1ccc(I)cc1F. The molecule has 0 spiro atoms. The second-order valence-electron chi connectivity index (χ2n) is 5.13. The third kappa shape index (κ3) is 2.24. The van der Waals surface area contributed by atoms with Crippen LogP contribution in [-0.4, -0.2) is 19.2 Å². The lowest BCUT2D eigenvalue weighted by Crippen LogP contribution is -2.10. The molecule has 5 nitrogen and oxygen atoms in total. The lowest BCUT2D eigenvalue weighted by molar-refractivity contribution is 0.625. The third-order valence-electron chi connectivity index (χ3n) is 3.64. The van der Waals surface area contributed by atoms with Crippen molar-refractivity contribution in [3.63, 3.8) is 0 Å². The van der Waals surface area contributed by atoms with Crippen molar-refractivity contribution in [3.8, 4) is 0 Å². The van der Waals surface area contributed by atoms with Gasteiger partial charge >= 0.3 is 0 Å². The highest BCUT2D eigenvalue weighted by Crippen LogP contribution is 2.26. The van der Waals surface area contributed by atoms with Gasteiger partial charge in [0.25, 0.3) is 0 Å². The van der Waals surface area contributed by atoms with Crippen LogP contribution in [0.4, 0.5) is 14.5 Å². The Bertz CT molecular complexity index is 1050. The number of fused-ring (bicyclic) bond motifs is 2. The second kappa shape index (κ2) is 5.15. The van der Waals surface area contributed by atoms with Crippen LogP contribution in [0.3, 0.4) is 0 Å². The molecule has 0 saturated heterocycles. The van der Waals surface area contributed by atoms with E-state index in [9.17, 15) is 8.78 Å². The molecule has 0 saturated carbocycles. The van der Waals surface area contributed by atoms with Crippen LogP contribution >= 0.6 is 22.6 Å². The Hall–Kier alpha value is -2.23. The highest BCUT2D eigenvalue weighted by atomic mass is 127. The minimum atomic E-state index is -0.492. The number of aryl methyl sites for hydroxylation is 1. The fourth-order valence-electron chi connectivity index (χ4n) is 2.50. The first-order valence-corrected chi connectivity index (χ1v) is 7.81. The molecule has 2 heterocycles. The topological polar surface area (TPSA) is 47.7 Å². The summed E-state index contributed by atoms with van der Waals surface area (Å²) < 4.78 is 32.6. The van der Waals surface area contributed by atoms with E-state index in [2.05, 4.69) is 15.4 Å². The molecule has 116 valence electrons. The van der Waals surface area contributed by atoms with Crippen molar-refractivity contribution in [2.45, 2.75) is 0 Å². The Morgan fingerprint density at radius 1 is 1.13 bits per heavy atom. The number of halogens is 3. The van der Waals surface area contributed by atoms with E-state index in [0.29, 0.717) is 11.0 Å². The van der Waals surface area contributed by atoms with Crippen LogP contribution < -0.4 is 5.43 Å². The Morgan fingerprint density at radius 2 is 1.96 bits per heavy atom. The van der Waals surface area contributed by atoms with Crippen molar-refractivity contribution in [1.82, 2.24) is 19.2 Å². The average molecular weight is 425 g/mol. The highest BCUT2D eigenvalue weighted by molar-refractivity contribution is 14.1. The van der Waals surface area contributed by atoms with Crippen LogP contribution in [0.1, 0.15) is 0 Å². The maximum Gasteiger partial charge on any atom is 0.178 e. The summed E-state index contributed by atoms with van der Waals surface area (Å²) in [6.07, 6.45) is 2.97. The minimum Gasteiger partial charge on any atom is -0.334 e. The summed E-state index contributed by atoms with van der Waals surface area (Å²) in [4.78, 5) is 8.26. The van der Waals surface area contributed by atoms with E-state index in [1.807, 2.05) is 22.6 Å². The van der Waals surface area contributed by atoms with Crippen molar-refractivity contribution >= 4 is 50.3 Å². The van der Waals surface area contributed by atoms with Gasteiger partial charge in [0, 0.05) is 10.6 Å². The number of aromatic nitrogens is 4. The summed E-state index contributed by atoms with van der Waals surface area (Å²) in [6, 6.07) is 6.51. The molecular formula is C15H10F2IN5. The van der Waals surface area contributed by atoms with Crippen molar-refractivity contribution in [3.05, 3.63) is 52.1 Å². The van der Waals surface area contributed by atoms with Crippen molar-refractivity contribution in [2.24, 2.45) is 7.05 Å². The zero-order valence-electron chi connectivity index (χ0n) is 11.9. The van der Waals surface area contributed by atoms with E-state index in [1.54, 1.807) is 36.1 Å². The van der Waals surface area contributed by atoms with Crippen LogP contribution in [-0.2, 0) is 7.05 Å².